The fourth-order valence-electron chi connectivity index (χ4n) is 1.48. The van der Waals surface area contributed by atoms with Crippen molar-refractivity contribution in [1.82, 2.24) is 4.90 Å². The molecule has 0 saturated heterocycles. The molecule has 94 valence electrons. The van der Waals surface area contributed by atoms with Crippen LogP contribution >= 0.6 is 0 Å². The Bertz CT molecular complexity index is 427. The van der Waals surface area contributed by atoms with Crippen LogP contribution in [0.3, 0.4) is 0 Å². The molecule has 17 heavy (non-hydrogen) atoms. The van der Waals surface area contributed by atoms with Gasteiger partial charge in [0, 0.05) is 21.1 Å². The molecule has 0 saturated carbocycles. The van der Waals surface area contributed by atoms with Crippen LogP contribution in [0.15, 0.2) is 18.2 Å². The summed E-state index contributed by atoms with van der Waals surface area (Å²) in [4.78, 5) is 13.0. The number of carbonyl (C=O) groups is 1. The van der Waals surface area contributed by atoms with Crippen LogP contribution in [-0.2, 0) is 6.18 Å². The standard InChI is InChI=1S/C11H13F3N2O/c1-15-9-7(10(17)16(2)3)5-4-6-8(9)11(12,13)14/h4-6,15H,1-3H3. The lowest BCUT2D eigenvalue weighted by atomic mass is 10.1. The normalized spacial score (nSPS) is 11.2. The molecule has 1 aromatic carbocycles. The molecule has 0 aromatic heterocycles. The van der Waals surface area contributed by atoms with E-state index in [9.17, 15) is 18.0 Å². The smallest absolute Gasteiger partial charge is 0.387 e. The average molecular weight is 246 g/mol. The SMILES string of the molecule is CNc1c(C(=O)N(C)C)cccc1C(F)(F)F. The van der Waals surface area contributed by atoms with Crippen LogP contribution in [0.5, 0.6) is 0 Å². The number of anilines is 1. The van der Waals surface area contributed by atoms with E-state index in [-0.39, 0.29) is 11.3 Å². The van der Waals surface area contributed by atoms with Gasteiger partial charge in [0.05, 0.1) is 16.8 Å². The van der Waals surface area contributed by atoms with Gasteiger partial charge in [-0.3, -0.25) is 4.79 Å². The van der Waals surface area contributed by atoms with Gasteiger partial charge in [-0.25, -0.2) is 0 Å². The molecule has 0 radical (unpaired) electrons. The first kappa shape index (κ1) is 13.3. The third kappa shape index (κ3) is 2.69. The second kappa shape index (κ2) is 4.65. The molecule has 0 bridgehead atoms. The minimum absolute atomic E-state index is 0.00678. The number of rotatable bonds is 2. The molecule has 0 unspecified atom stereocenters. The van der Waals surface area contributed by atoms with E-state index < -0.39 is 17.6 Å². The van der Waals surface area contributed by atoms with E-state index in [1.807, 2.05) is 0 Å². The predicted octanol–water partition coefficient (Wildman–Crippen LogP) is 2.45. The van der Waals surface area contributed by atoms with E-state index in [2.05, 4.69) is 5.32 Å². The van der Waals surface area contributed by atoms with E-state index in [1.54, 1.807) is 0 Å². The van der Waals surface area contributed by atoms with Gasteiger partial charge in [-0.05, 0) is 12.1 Å². The van der Waals surface area contributed by atoms with E-state index >= 15 is 0 Å². The van der Waals surface area contributed by atoms with Gasteiger partial charge in [-0.15, -0.1) is 0 Å². The number of benzene rings is 1. The Morgan fingerprint density at radius 1 is 1.29 bits per heavy atom. The molecular formula is C11H13F3N2O. The van der Waals surface area contributed by atoms with Gasteiger partial charge >= 0.3 is 6.18 Å². The topological polar surface area (TPSA) is 32.3 Å². The average Bonchev–Trinajstić information content (AvgIpc) is 2.25. The Hall–Kier alpha value is -1.72. The maximum atomic E-state index is 12.7. The molecule has 1 rings (SSSR count). The van der Waals surface area contributed by atoms with Gasteiger partial charge in [0.25, 0.3) is 5.91 Å². The molecule has 1 aromatic rings. The van der Waals surface area contributed by atoms with Crippen molar-refractivity contribution < 1.29 is 18.0 Å². The molecule has 0 atom stereocenters. The van der Waals surface area contributed by atoms with Crippen LogP contribution in [0.1, 0.15) is 15.9 Å². The Morgan fingerprint density at radius 2 is 1.88 bits per heavy atom. The third-order valence-corrected chi connectivity index (χ3v) is 2.26. The van der Waals surface area contributed by atoms with E-state index in [1.165, 1.54) is 38.2 Å². The summed E-state index contributed by atoms with van der Waals surface area (Å²) < 4.78 is 38.1. The third-order valence-electron chi connectivity index (χ3n) is 2.26. The Balaban J connectivity index is 3.39. The van der Waals surface area contributed by atoms with Crippen LogP contribution in [0.25, 0.3) is 0 Å². The summed E-state index contributed by atoms with van der Waals surface area (Å²) in [5.74, 6) is -0.472. The van der Waals surface area contributed by atoms with Crippen molar-refractivity contribution in [1.29, 1.82) is 0 Å². The number of halogens is 3. The van der Waals surface area contributed by atoms with Crippen molar-refractivity contribution in [3.05, 3.63) is 29.3 Å². The first-order valence-electron chi connectivity index (χ1n) is 4.88. The van der Waals surface area contributed by atoms with Gasteiger partial charge in [0.2, 0.25) is 0 Å². The zero-order valence-electron chi connectivity index (χ0n) is 9.72. The summed E-state index contributed by atoms with van der Waals surface area (Å²) in [5, 5.41) is 2.44. The number of hydrogen-bond acceptors (Lipinski definition) is 2. The highest BCUT2D eigenvalue weighted by molar-refractivity contribution is 6.00. The lowest BCUT2D eigenvalue weighted by Gasteiger charge is -2.18. The summed E-state index contributed by atoms with van der Waals surface area (Å²) in [6.07, 6.45) is -4.49. The largest absolute Gasteiger partial charge is 0.418 e. The first-order valence-corrected chi connectivity index (χ1v) is 4.88. The Morgan fingerprint density at radius 3 is 2.29 bits per heavy atom. The molecule has 1 amide bonds. The quantitative estimate of drug-likeness (QED) is 0.869. The minimum atomic E-state index is -4.49. The van der Waals surface area contributed by atoms with Crippen molar-refractivity contribution in [3.63, 3.8) is 0 Å². The molecule has 0 heterocycles. The van der Waals surface area contributed by atoms with Crippen molar-refractivity contribution >= 4 is 11.6 Å². The lowest BCUT2D eigenvalue weighted by Crippen LogP contribution is -2.24. The number of amides is 1. The van der Waals surface area contributed by atoms with Crippen LogP contribution in [0.2, 0.25) is 0 Å². The highest BCUT2D eigenvalue weighted by Crippen LogP contribution is 2.36. The van der Waals surface area contributed by atoms with Crippen LogP contribution in [0.4, 0.5) is 18.9 Å². The molecule has 0 spiro atoms. The number of carbonyl (C=O) groups excluding carboxylic acids is 1. The monoisotopic (exact) mass is 246 g/mol. The molecule has 0 aliphatic heterocycles. The zero-order valence-corrected chi connectivity index (χ0v) is 9.72. The van der Waals surface area contributed by atoms with Crippen molar-refractivity contribution in [2.45, 2.75) is 6.18 Å². The molecule has 0 aliphatic carbocycles. The van der Waals surface area contributed by atoms with Crippen LogP contribution in [0, 0.1) is 0 Å². The maximum Gasteiger partial charge on any atom is 0.418 e. The number of para-hydroxylation sites is 1. The van der Waals surface area contributed by atoms with Gasteiger partial charge in [-0.2, -0.15) is 13.2 Å². The second-order valence-corrected chi connectivity index (χ2v) is 3.68. The van der Waals surface area contributed by atoms with Crippen LogP contribution in [-0.4, -0.2) is 32.0 Å². The van der Waals surface area contributed by atoms with Crippen LogP contribution < -0.4 is 5.32 Å². The highest BCUT2D eigenvalue weighted by atomic mass is 19.4. The zero-order chi connectivity index (χ0) is 13.2. The predicted molar refractivity (Wildman–Crippen MR) is 59.0 cm³/mol. The number of nitrogens with one attached hydrogen (secondary N) is 1. The summed E-state index contributed by atoms with van der Waals surface area (Å²) in [6, 6.07) is 3.53. The molecule has 0 aliphatic rings. The van der Waals surface area contributed by atoms with Crippen molar-refractivity contribution in [3.8, 4) is 0 Å². The highest BCUT2D eigenvalue weighted by Gasteiger charge is 2.35. The maximum absolute atomic E-state index is 12.7. The lowest BCUT2D eigenvalue weighted by molar-refractivity contribution is -0.136. The molecular weight excluding hydrogens is 233 g/mol. The molecule has 6 heteroatoms. The Labute approximate surface area is 97.2 Å². The van der Waals surface area contributed by atoms with E-state index in [0.29, 0.717) is 0 Å². The number of nitrogens with zero attached hydrogens (tertiary/aromatic N) is 1. The van der Waals surface area contributed by atoms with Gasteiger partial charge in [0.15, 0.2) is 0 Å². The molecule has 3 nitrogen and oxygen atoms in total. The van der Waals surface area contributed by atoms with Crippen molar-refractivity contribution in [2.75, 3.05) is 26.5 Å². The second-order valence-electron chi connectivity index (χ2n) is 3.68. The summed E-state index contributed by atoms with van der Waals surface area (Å²) in [7, 11) is 4.33. The van der Waals surface area contributed by atoms with Gasteiger partial charge in [0.1, 0.15) is 0 Å². The molecule has 0 fully saturated rings. The van der Waals surface area contributed by atoms with E-state index in [4.69, 9.17) is 0 Å². The van der Waals surface area contributed by atoms with Gasteiger partial charge in [-0.1, -0.05) is 6.07 Å². The van der Waals surface area contributed by atoms with Crippen molar-refractivity contribution in [2.24, 2.45) is 0 Å². The summed E-state index contributed by atoms with van der Waals surface area (Å²) in [6.45, 7) is 0. The number of alkyl halides is 3. The summed E-state index contributed by atoms with van der Waals surface area (Å²) in [5.41, 5.74) is -1.03. The molecule has 1 N–H and O–H groups in total. The Kier molecular flexibility index (Phi) is 3.65. The fourth-order valence-corrected chi connectivity index (χ4v) is 1.48. The summed E-state index contributed by atoms with van der Waals surface area (Å²) >= 11 is 0. The van der Waals surface area contributed by atoms with Gasteiger partial charge < -0.3 is 10.2 Å². The van der Waals surface area contributed by atoms with E-state index in [0.717, 1.165) is 6.07 Å². The first-order chi connectivity index (χ1) is 7.79. The minimum Gasteiger partial charge on any atom is -0.387 e. The fraction of sp³-hybridized carbons (Fsp3) is 0.364. The number of hydrogen-bond donors (Lipinski definition) is 1.